The summed E-state index contributed by atoms with van der Waals surface area (Å²) in [5, 5.41) is 6.01. The molecule has 1 atom stereocenters. The molecule has 6 nitrogen and oxygen atoms in total. The average Bonchev–Trinajstić information content (AvgIpc) is 3.21. The zero-order chi connectivity index (χ0) is 16.9. The van der Waals surface area contributed by atoms with E-state index in [0.717, 1.165) is 25.9 Å². The molecule has 1 amide bonds. The fraction of sp³-hybridized carbons (Fsp3) is 0.562. The molecule has 132 valence electrons. The molecule has 2 aliphatic heterocycles. The minimum Gasteiger partial charge on any atom is -0.454 e. The summed E-state index contributed by atoms with van der Waals surface area (Å²) in [6.45, 7) is -0.871. The molecule has 0 bridgehead atoms. The third-order valence-corrected chi connectivity index (χ3v) is 4.19. The summed E-state index contributed by atoms with van der Waals surface area (Å²) in [7, 11) is 0. The lowest BCUT2D eigenvalue weighted by Gasteiger charge is -2.13. The molecule has 0 aliphatic carbocycles. The maximum Gasteiger partial charge on any atom is 0.387 e. The second-order valence-corrected chi connectivity index (χ2v) is 5.87. The van der Waals surface area contributed by atoms with Gasteiger partial charge in [-0.1, -0.05) is 0 Å². The van der Waals surface area contributed by atoms with E-state index in [1.807, 2.05) is 0 Å². The standard InChI is InChI=1S/C16H20F2N2O4/c17-16(18)24-12-6-14-13(22-9-23-14)5-11(12)8-20-15(21)2-1-10-3-4-19-7-10/h5-6,10,16,19H,1-4,7-9H2,(H,20,21). The van der Waals surface area contributed by atoms with Gasteiger partial charge < -0.3 is 24.8 Å². The molecule has 1 unspecified atom stereocenters. The van der Waals surface area contributed by atoms with Gasteiger partial charge in [0.25, 0.3) is 0 Å². The molecule has 1 fully saturated rings. The Morgan fingerprint density at radius 3 is 2.88 bits per heavy atom. The van der Waals surface area contributed by atoms with Crippen LogP contribution in [0.1, 0.15) is 24.8 Å². The highest BCUT2D eigenvalue weighted by Gasteiger charge is 2.21. The van der Waals surface area contributed by atoms with Crippen molar-refractivity contribution in [3.05, 3.63) is 17.7 Å². The van der Waals surface area contributed by atoms with Gasteiger partial charge in [-0.3, -0.25) is 4.79 Å². The smallest absolute Gasteiger partial charge is 0.387 e. The van der Waals surface area contributed by atoms with Gasteiger partial charge in [0.15, 0.2) is 11.5 Å². The Balaban J connectivity index is 1.57. The Labute approximate surface area is 138 Å². The van der Waals surface area contributed by atoms with E-state index in [1.165, 1.54) is 6.07 Å². The number of ether oxygens (including phenoxy) is 3. The van der Waals surface area contributed by atoms with Crippen molar-refractivity contribution in [2.24, 2.45) is 5.92 Å². The predicted octanol–water partition coefficient (Wildman–Crippen LogP) is 2.02. The normalized spacial score (nSPS) is 18.9. The van der Waals surface area contributed by atoms with Crippen LogP contribution in [0, 0.1) is 5.92 Å². The first-order valence-electron chi connectivity index (χ1n) is 7.96. The number of fused-ring (bicyclic) bond motifs is 1. The lowest BCUT2D eigenvalue weighted by Crippen LogP contribution is -2.24. The quantitative estimate of drug-likeness (QED) is 0.793. The lowest BCUT2D eigenvalue weighted by atomic mass is 10.0. The molecule has 1 aromatic rings. The predicted molar refractivity (Wildman–Crippen MR) is 81.3 cm³/mol. The van der Waals surface area contributed by atoms with E-state index in [2.05, 4.69) is 15.4 Å². The molecule has 0 spiro atoms. The fourth-order valence-electron chi connectivity index (χ4n) is 2.89. The van der Waals surface area contributed by atoms with E-state index >= 15 is 0 Å². The van der Waals surface area contributed by atoms with E-state index in [4.69, 9.17) is 9.47 Å². The number of hydrogen-bond acceptors (Lipinski definition) is 5. The van der Waals surface area contributed by atoms with Crippen molar-refractivity contribution < 1.29 is 27.8 Å². The van der Waals surface area contributed by atoms with Gasteiger partial charge >= 0.3 is 6.61 Å². The first-order chi connectivity index (χ1) is 11.6. The summed E-state index contributed by atoms with van der Waals surface area (Å²) in [4.78, 5) is 12.0. The molecule has 2 N–H and O–H groups in total. The number of rotatable bonds is 7. The van der Waals surface area contributed by atoms with Gasteiger partial charge in [-0.25, -0.2) is 0 Å². The van der Waals surface area contributed by atoms with Crippen LogP contribution in [0.2, 0.25) is 0 Å². The van der Waals surface area contributed by atoms with E-state index < -0.39 is 6.61 Å². The van der Waals surface area contributed by atoms with Crippen LogP contribution in [-0.4, -0.2) is 32.4 Å². The molecule has 0 radical (unpaired) electrons. The molecule has 2 heterocycles. The first kappa shape index (κ1) is 16.8. The van der Waals surface area contributed by atoms with Crippen LogP contribution in [0.25, 0.3) is 0 Å². The highest BCUT2D eigenvalue weighted by atomic mass is 19.3. The van der Waals surface area contributed by atoms with Crippen LogP contribution in [0.3, 0.4) is 0 Å². The number of alkyl halides is 2. The molecule has 0 saturated carbocycles. The van der Waals surface area contributed by atoms with Gasteiger partial charge in [-0.05, 0) is 37.9 Å². The maximum atomic E-state index is 12.6. The summed E-state index contributed by atoms with van der Waals surface area (Å²) in [6, 6.07) is 2.92. The van der Waals surface area contributed by atoms with Crippen LogP contribution in [0.4, 0.5) is 8.78 Å². The van der Waals surface area contributed by atoms with E-state index in [-0.39, 0.29) is 25.0 Å². The second kappa shape index (κ2) is 7.65. The van der Waals surface area contributed by atoms with Crippen LogP contribution < -0.4 is 24.8 Å². The zero-order valence-electron chi connectivity index (χ0n) is 13.1. The third-order valence-electron chi connectivity index (χ3n) is 4.19. The Bertz CT molecular complexity index is 592. The molecule has 24 heavy (non-hydrogen) atoms. The topological polar surface area (TPSA) is 68.8 Å². The second-order valence-electron chi connectivity index (χ2n) is 5.87. The molecule has 1 aromatic carbocycles. The summed E-state index contributed by atoms with van der Waals surface area (Å²) in [6.07, 6.45) is 2.32. The van der Waals surface area contributed by atoms with E-state index in [1.54, 1.807) is 6.07 Å². The monoisotopic (exact) mass is 342 g/mol. The summed E-state index contributed by atoms with van der Waals surface area (Å²) in [5.74, 6) is 1.21. The Hall–Kier alpha value is -2.09. The minimum absolute atomic E-state index is 0.0189. The maximum absolute atomic E-state index is 12.6. The van der Waals surface area contributed by atoms with E-state index in [9.17, 15) is 13.6 Å². The summed E-state index contributed by atoms with van der Waals surface area (Å²) in [5.41, 5.74) is 0.426. The molecule has 1 saturated heterocycles. The molecule has 0 aromatic heterocycles. The molecule has 2 aliphatic rings. The molecule has 8 heteroatoms. The van der Waals surface area contributed by atoms with Crippen molar-refractivity contribution in [3.63, 3.8) is 0 Å². The summed E-state index contributed by atoms with van der Waals surface area (Å²) < 4.78 is 40.0. The van der Waals surface area contributed by atoms with E-state index in [0.29, 0.717) is 29.4 Å². The molecular formula is C16H20F2N2O4. The number of benzene rings is 1. The first-order valence-corrected chi connectivity index (χ1v) is 7.96. The van der Waals surface area contributed by atoms with Crippen molar-refractivity contribution in [2.75, 3.05) is 19.9 Å². The van der Waals surface area contributed by atoms with Gasteiger partial charge in [0.1, 0.15) is 5.75 Å². The van der Waals surface area contributed by atoms with Gasteiger partial charge in [0.05, 0.1) is 0 Å². The van der Waals surface area contributed by atoms with Crippen molar-refractivity contribution in [2.45, 2.75) is 32.4 Å². The number of nitrogens with one attached hydrogen (secondary N) is 2. The average molecular weight is 342 g/mol. The van der Waals surface area contributed by atoms with Crippen molar-refractivity contribution >= 4 is 5.91 Å². The molecule has 3 rings (SSSR count). The van der Waals surface area contributed by atoms with Gasteiger partial charge in [-0.15, -0.1) is 0 Å². The highest BCUT2D eigenvalue weighted by Crippen LogP contribution is 2.38. The van der Waals surface area contributed by atoms with Crippen LogP contribution in [0.5, 0.6) is 17.2 Å². The number of carbonyl (C=O) groups excluding carboxylic acids is 1. The summed E-state index contributed by atoms with van der Waals surface area (Å²) >= 11 is 0. The number of halogens is 2. The Kier molecular flexibility index (Phi) is 5.34. The van der Waals surface area contributed by atoms with Crippen LogP contribution >= 0.6 is 0 Å². The molecular weight excluding hydrogens is 322 g/mol. The fourth-order valence-corrected chi connectivity index (χ4v) is 2.89. The Morgan fingerprint density at radius 1 is 1.38 bits per heavy atom. The van der Waals surface area contributed by atoms with Gasteiger partial charge in [-0.2, -0.15) is 8.78 Å². The number of carbonyl (C=O) groups is 1. The van der Waals surface area contributed by atoms with Crippen LogP contribution in [0.15, 0.2) is 12.1 Å². The third kappa shape index (κ3) is 4.25. The SMILES string of the molecule is O=C(CCC1CCNC1)NCc1cc2c(cc1OC(F)F)OCO2. The van der Waals surface area contributed by atoms with Crippen molar-refractivity contribution in [1.29, 1.82) is 0 Å². The van der Waals surface area contributed by atoms with Gasteiger partial charge in [0, 0.05) is 24.6 Å². The largest absolute Gasteiger partial charge is 0.454 e. The van der Waals surface area contributed by atoms with Crippen molar-refractivity contribution in [1.82, 2.24) is 10.6 Å². The Morgan fingerprint density at radius 2 is 2.17 bits per heavy atom. The number of hydrogen-bond donors (Lipinski definition) is 2. The van der Waals surface area contributed by atoms with Crippen LogP contribution in [-0.2, 0) is 11.3 Å². The number of amides is 1. The zero-order valence-corrected chi connectivity index (χ0v) is 13.1. The lowest BCUT2D eigenvalue weighted by molar-refractivity contribution is -0.121. The van der Waals surface area contributed by atoms with Crippen molar-refractivity contribution in [3.8, 4) is 17.2 Å². The minimum atomic E-state index is -2.95. The highest BCUT2D eigenvalue weighted by molar-refractivity contribution is 5.76. The van der Waals surface area contributed by atoms with Gasteiger partial charge in [0.2, 0.25) is 12.7 Å².